The molecule has 5 heteroatoms. The van der Waals surface area contributed by atoms with Crippen molar-refractivity contribution in [2.45, 2.75) is 25.3 Å². The van der Waals surface area contributed by atoms with E-state index in [1.54, 1.807) is 0 Å². The van der Waals surface area contributed by atoms with E-state index in [2.05, 4.69) is 57.1 Å². The molecule has 0 saturated carbocycles. The van der Waals surface area contributed by atoms with Crippen LogP contribution in [-0.4, -0.2) is 42.0 Å². The molecule has 3 rings (SSSR count). The van der Waals surface area contributed by atoms with Gasteiger partial charge in [0.2, 0.25) is 0 Å². The summed E-state index contributed by atoms with van der Waals surface area (Å²) in [6.07, 6.45) is 5.08. The molecule has 0 aromatic heterocycles. The van der Waals surface area contributed by atoms with Crippen molar-refractivity contribution < 1.29 is 9.90 Å². The lowest BCUT2D eigenvalue weighted by Crippen LogP contribution is -2.43. The number of halogens is 1. The van der Waals surface area contributed by atoms with E-state index in [9.17, 15) is 4.79 Å². The Balaban J connectivity index is 0.000000774. The molecule has 0 amide bonds. The maximum Gasteiger partial charge on any atom is 0.150 e. The predicted molar refractivity (Wildman–Crippen MR) is 86.5 cm³/mol. The lowest BCUT2D eigenvalue weighted by Gasteiger charge is -2.35. The number of aliphatic hydroxyl groups excluding tert-OH is 1. The normalized spacial score (nSPS) is 23.4. The maximum atomic E-state index is 11.9. The zero-order valence-corrected chi connectivity index (χ0v) is 14.2. The Bertz CT molecular complexity index is 573. The van der Waals surface area contributed by atoms with Crippen LogP contribution >= 0.6 is 15.9 Å². The Morgan fingerprint density at radius 3 is 2.71 bits per heavy atom. The first-order valence-corrected chi connectivity index (χ1v) is 7.72. The Kier molecular flexibility index (Phi) is 4.74. The largest absolute Gasteiger partial charge is 0.400 e. The summed E-state index contributed by atoms with van der Waals surface area (Å²) >= 11 is 3.63. The number of nitrogens with zero attached hydrogens (tertiary/aromatic N) is 2. The third kappa shape index (κ3) is 2.60. The van der Waals surface area contributed by atoms with Gasteiger partial charge < -0.3 is 19.7 Å². The first-order valence-electron chi connectivity index (χ1n) is 6.93. The number of benzene rings is 1. The van der Waals surface area contributed by atoms with Gasteiger partial charge in [0, 0.05) is 30.5 Å². The third-order valence-corrected chi connectivity index (χ3v) is 4.77. The SMILES string of the molecule is CO.Cc1ccc(C2(C=O)CCC3=CN(C)CN32)c(Br)c1. The van der Waals surface area contributed by atoms with Crippen LogP contribution in [0, 0.1) is 6.92 Å². The number of carbonyl (C=O) groups is 1. The van der Waals surface area contributed by atoms with Gasteiger partial charge in [0.05, 0.1) is 6.67 Å². The first kappa shape index (κ1) is 16.0. The van der Waals surface area contributed by atoms with Gasteiger partial charge in [0.1, 0.15) is 11.8 Å². The van der Waals surface area contributed by atoms with Gasteiger partial charge >= 0.3 is 0 Å². The maximum absolute atomic E-state index is 11.9. The average Bonchev–Trinajstić information content (AvgIpc) is 2.99. The van der Waals surface area contributed by atoms with Crippen LogP contribution in [0.15, 0.2) is 34.6 Å². The van der Waals surface area contributed by atoms with Gasteiger partial charge in [0.25, 0.3) is 0 Å². The average molecular weight is 353 g/mol. The van der Waals surface area contributed by atoms with Crippen LogP contribution in [0.4, 0.5) is 0 Å². The van der Waals surface area contributed by atoms with Crippen LogP contribution in [0.2, 0.25) is 0 Å². The van der Waals surface area contributed by atoms with Gasteiger partial charge in [-0.15, -0.1) is 0 Å². The monoisotopic (exact) mass is 352 g/mol. The van der Waals surface area contributed by atoms with Gasteiger partial charge in [-0.1, -0.05) is 28.1 Å². The van der Waals surface area contributed by atoms with Crippen LogP contribution in [0.3, 0.4) is 0 Å². The summed E-state index contributed by atoms with van der Waals surface area (Å²) in [6, 6.07) is 6.24. The molecule has 2 heterocycles. The molecule has 21 heavy (non-hydrogen) atoms. The Morgan fingerprint density at radius 1 is 1.38 bits per heavy atom. The lowest BCUT2D eigenvalue weighted by molar-refractivity contribution is -0.117. The summed E-state index contributed by atoms with van der Waals surface area (Å²) in [4.78, 5) is 16.3. The number of hydrogen-bond donors (Lipinski definition) is 1. The summed E-state index contributed by atoms with van der Waals surface area (Å²) in [7, 11) is 3.05. The molecule has 4 nitrogen and oxygen atoms in total. The molecule has 1 atom stereocenters. The number of rotatable bonds is 2. The van der Waals surface area contributed by atoms with Crippen molar-refractivity contribution >= 4 is 22.2 Å². The molecule has 2 aliphatic rings. The molecular weight excluding hydrogens is 332 g/mol. The fraction of sp³-hybridized carbons (Fsp3) is 0.438. The quantitative estimate of drug-likeness (QED) is 0.831. The molecule has 1 saturated heterocycles. The van der Waals surface area contributed by atoms with E-state index in [1.807, 2.05) is 7.05 Å². The second kappa shape index (κ2) is 6.20. The topological polar surface area (TPSA) is 43.8 Å². The number of hydrogen-bond acceptors (Lipinski definition) is 4. The highest BCUT2D eigenvalue weighted by Gasteiger charge is 2.47. The molecule has 0 bridgehead atoms. The predicted octanol–water partition coefficient (Wildman–Crippen LogP) is 2.60. The molecule has 1 N–H and O–H groups in total. The number of aryl methyl sites for hydroxylation is 1. The smallest absolute Gasteiger partial charge is 0.150 e. The zero-order valence-electron chi connectivity index (χ0n) is 12.6. The number of fused-ring (bicyclic) bond motifs is 1. The molecule has 0 spiro atoms. The van der Waals surface area contributed by atoms with E-state index < -0.39 is 5.54 Å². The minimum Gasteiger partial charge on any atom is -0.400 e. The van der Waals surface area contributed by atoms with Crippen molar-refractivity contribution in [1.82, 2.24) is 9.80 Å². The fourth-order valence-electron chi connectivity index (χ4n) is 3.15. The minimum atomic E-state index is -0.511. The Hall–Kier alpha value is -1.33. The van der Waals surface area contributed by atoms with Crippen molar-refractivity contribution in [3.8, 4) is 0 Å². The summed E-state index contributed by atoms with van der Waals surface area (Å²) in [5.41, 5.74) is 3.03. The highest BCUT2D eigenvalue weighted by Crippen LogP contribution is 2.47. The first-order chi connectivity index (χ1) is 10.1. The van der Waals surface area contributed by atoms with Gasteiger partial charge in [0.15, 0.2) is 0 Å². The van der Waals surface area contributed by atoms with Crippen LogP contribution < -0.4 is 0 Å². The zero-order chi connectivity index (χ0) is 15.6. The fourth-order valence-corrected chi connectivity index (χ4v) is 3.99. The standard InChI is InChI=1S/C15H17BrN2O.CH4O/c1-11-3-4-13(14(16)7-11)15(9-19)6-5-12-8-17(2)10-18(12)15;1-2/h3-4,7-9H,5-6,10H2,1-2H3;2H,1H3. The van der Waals surface area contributed by atoms with E-state index in [-0.39, 0.29) is 0 Å². The molecule has 1 aromatic carbocycles. The van der Waals surface area contributed by atoms with E-state index in [1.165, 1.54) is 11.3 Å². The minimum absolute atomic E-state index is 0.511. The van der Waals surface area contributed by atoms with Crippen LogP contribution in [0.1, 0.15) is 24.0 Å². The second-order valence-electron chi connectivity index (χ2n) is 5.47. The van der Waals surface area contributed by atoms with Crippen molar-refractivity contribution in [1.29, 1.82) is 0 Å². The lowest BCUT2D eigenvalue weighted by atomic mass is 9.88. The molecule has 1 unspecified atom stereocenters. The highest BCUT2D eigenvalue weighted by molar-refractivity contribution is 9.10. The summed E-state index contributed by atoms with van der Waals surface area (Å²) in [5.74, 6) is 0. The molecule has 1 fully saturated rings. The summed E-state index contributed by atoms with van der Waals surface area (Å²) in [6.45, 7) is 2.85. The number of aldehydes is 1. The van der Waals surface area contributed by atoms with Crippen LogP contribution in [0.25, 0.3) is 0 Å². The van der Waals surface area contributed by atoms with E-state index in [0.29, 0.717) is 0 Å². The molecule has 0 radical (unpaired) electrons. The molecule has 114 valence electrons. The van der Waals surface area contributed by atoms with E-state index in [0.717, 1.165) is 42.9 Å². The van der Waals surface area contributed by atoms with Gasteiger partial charge in [-0.3, -0.25) is 0 Å². The van der Waals surface area contributed by atoms with E-state index >= 15 is 0 Å². The molecule has 2 aliphatic heterocycles. The third-order valence-electron chi connectivity index (χ3n) is 4.11. The highest BCUT2D eigenvalue weighted by atomic mass is 79.9. The van der Waals surface area contributed by atoms with Gasteiger partial charge in [-0.2, -0.15) is 0 Å². The molecular formula is C16H21BrN2O2. The van der Waals surface area contributed by atoms with Gasteiger partial charge in [-0.05, 0) is 37.0 Å². The van der Waals surface area contributed by atoms with Gasteiger partial charge in [-0.25, -0.2) is 0 Å². The Labute approximate surface area is 134 Å². The van der Waals surface area contributed by atoms with Crippen molar-refractivity contribution in [3.05, 3.63) is 45.7 Å². The Morgan fingerprint density at radius 2 is 2.10 bits per heavy atom. The number of aliphatic hydroxyl groups is 1. The molecule has 1 aromatic rings. The van der Waals surface area contributed by atoms with Crippen LogP contribution in [-0.2, 0) is 10.3 Å². The summed E-state index contributed by atoms with van der Waals surface area (Å²) < 4.78 is 1.02. The second-order valence-corrected chi connectivity index (χ2v) is 6.33. The number of carbonyl (C=O) groups excluding carboxylic acids is 1. The van der Waals surface area contributed by atoms with Crippen LogP contribution in [0.5, 0.6) is 0 Å². The van der Waals surface area contributed by atoms with Crippen molar-refractivity contribution in [3.63, 3.8) is 0 Å². The summed E-state index contributed by atoms with van der Waals surface area (Å²) in [5, 5.41) is 7.00. The van der Waals surface area contributed by atoms with Crippen molar-refractivity contribution in [2.24, 2.45) is 0 Å². The van der Waals surface area contributed by atoms with Crippen molar-refractivity contribution in [2.75, 3.05) is 20.8 Å². The van der Waals surface area contributed by atoms with E-state index in [4.69, 9.17) is 5.11 Å². The molecule has 0 aliphatic carbocycles. The number of allylic oxidation sites excluding steroid dienone is 1.